The van der Waals surface area contributed by atoms with Crippen LogP contribution in [0.4, 0.5) is 0 Å². The van der Waals surface area contributed by atoms with E-state index in [4.69, 9.17) is 9.84 Å². The lowest BCUT2D eigenvalue weighted by molar-refractivity contribution is -0.136. The van der Waals surface area contributed by atoms with Gasteiger partial charge >= 0.3 is 5.97 Å². The van der Waals surface area contributed by atoms with Crippen LogP contribution < -0.4 is 4.74 Å². The normalized spacial score (nSPS) is 10.2. The third-order valence-electron chi connectivity index (χ3n) is 3.20. The molecule has 104 valence electrons. The van der Waals surface area contributed by atoms with Crippen LogP contribution in [-0.4, -0.2) is 11.1 Å². The number of ether oxygens (including phenoxy) is 1. The first-order chi connectivity index (χ1) is 9.70. The summed E-state index contributed by atoms with van der Waals surface area (Å²) in [5.74, 6) is 0.0338. The molecule has 0 fully saturated rings. The van der Waals surface area contributed by atoms with Crippen molar-refractivity contribution >= 4 is 5.97 Å². The van der Waals surface area contributed by atoms with Gasteiger partial charge in [-0.2, -0.15) is 0 Å². The topological polar surface area (TPSA) is 46.5 Å². The molecule has 0 aliphatic carbocycles. The van der Waals surface area contributed by atoms with Gasteiger partial charge in [-0.25, -0.2) is 0 Å². The highest BCUT2D eigenvalue weighted by molar-refractivity contribution is 5.70. The lowest BCUT2D eigenvalue weighted by Gasteiger charge is -2.12. The van der Waals surface area contributed by atoms with Crippen LogP contribution in [0, 0.1) is 0 Å². The number of aliphatic carboxylic acids is 1. The van der Waals surface area contributed by atoms with Crippen molar-refractivity contribution < 1.29 is 14.6 Å². The predicted molar refractivity (Wildman–Crippen MR) is 77.9 cm³/mol. The molecule has 0 spiro atoms. The molecule has 20 heavy (non-hydrogen) atoms. The summed E-state index contributed by atoms with van der Waals surface area (Å²) in [5, 5.41) is 8.92. The van der Waals surface area contributed by atoms with Gasteiger partial charge in [-0.15, -0.1) is 0 Å². The van der Waals surface area contributed by atoms with Crippen LogP contribution in [0.15, 0.2) is 48.5 Å². The quantitative estimate of drug-likeness (QED) is 0.874. The molecule has 0 bridgehead atoms. The second-order valence-electron chi connectivity index (χ2n) is 4.59. The Bertz CT molecular complexity index is 590. The molecule has 0 saturated carbocycles. The number of hydrogen-bond donors (Lipinski definition) is 1. The molecule has 1 N–H and O–H groups in total. The van der Waals surface area contributed by atoms with E-state index >= 15 is 0 Å². The van der Waals surface area contributed by atoms with Gasteiger partial charge in [0.2, 0.25) is 0 Å². The van der Waals surface area contributed by atoms with Crippen molar-refractivity contribution in [3.8, 4) is 5.75 Å². The van der Waals surface area contributed by atoms with E-state index < -0.39 is 5.97 Å². The number of rotatable bonds is 6. The maximum atomic E-state index is 10.9. The van der Waals surface area contributed by atoms with Gasteiger partial charge in [0.15, 0.2) is 0 Å². The zero-order valence-corrected chi connectivity index (χ0v) is 11.5. The van der Waals surface area contributed by atoms with Crippen molar-refractivity contribution in [3.63, 3.8) is 0 Å². The highest BCUT2D eigenvalue weighted by atomic mass is 16.5. The lowest BCUT2D eigenvalue weighted by atomic mass is 10.1. The molecule has 0 heterocycles. The molecule has 0 radical (unpaired) electrons. The SMILES string of the molecule is CCc1ccccc1OCc1ccccc1CC(=O)O. The molecule has 0 unspecified atom stereocenters. The average molecular weight is 270 g/mol. The zero-order chi connectivity index (χ0) is 14.4. The molecule has 2 aromatic rings. The Kier molecular flexibility index (Phi) is 4.77. The molecule has 2 rings (SSSR count). The van der Waals surface area contributed by atoms with E-state index in [1.54, 1.807) is 0 Å². The highest BCUT2D eigenvalue weighted by Gasteiger charge is 2.07. The summed E-state index contributed by atoms with van der Waals surface area (Å²) in [7, 11) is 0. The van der Waals surface area contributed by atoms with Gasteiger partial charge in [0.25, 0.3) is 0 Å². The van der Waals surface area contributed by atoms with Crippen molar-refractivity contribution in [2.24, 2.45) is 0 Å². The number of carboxylic acid groups (broad SMARTS) is 1. The summed E-state index contributed by atoms with van der Waals surface area (Å²) in [4.78, 5) is 10.9. The third kappa shape index (κ3) is 3.60. The summed E-state index contributed by atoms with van der Waals surface area (Å²) in [6.45, 7) is 2.47. The fourth-order valence-electron chi connectivity index (χ4n) is 2.13. The number of carbonyl (C=O) groups is 1. The Labute approximate surface area is 118 Å². The monoisotopic (exact) mass is 270 g/mol. The number of benzene rings is 2. The first-order valence-electron chi connectivity index (χ1n) is 6.70. The third-order valence-corrected chi connectivity index (χ3v) is 3.20. The Morgan fingerprint density at radius 1 is 1.00 bits per heavy atom. The molecular weight excluding hydrogens is 252 g/mol. The number of aryl methyl sites for hydroxylation is 1. The van der Waals surface area contributed by atoms with Crippen LogP contribution in [0.2, 0.25) is 0 Å². The van der Waals surface area contributed by atoms with E-state index in [2.05, 4.69) is 6.92 Å². The summed E-state index contributed by atoms with van der Waals surface area (Å²) >= 11 is 0. The molecule has 0 aliphatic heterocycles. The van der Waals surface area contributed by atoms with Crippen molar-refractivity contribution in [2.75, 3.05) is 0 Å². The first-order valence-corrected chi connectivity index (χ1v) is 6.70. The second-order valence-corrected chi connectivity index (χ2v) is 4.59. The van der Waals surface area contributed by atoms with Crippen LogP contribution in [0.3, 0.4) is 0 Å². The lowest BCUT2D eigenvalue weighted by Crippen LogP contribution is -2.06. The van der Waals surface area contributed by atoms with Crippen molar-refractivity contribution in [1.82, 2.24) is 0 Å². The van der Waals surface area contributed by atoms with Crippen LogP contribution in [0.5, 0.6) is 5.75 Å². The maximum absolute atomic E-state index is 10.9. The Balaban J connectivity index is 2.12. The number of carboxylic acids is 1. The van der Waals surface area contributed by atoms with Crippen LogP contribution in [0.25, 0.3) is 0 Å². The molecule has 0 atom stereocenters. The minimum atomic E-state index is -0.827. The van der Waals surface area contributed by atoms with E-state index in [1.807, 2.05) is 48.5 Å². The van der Waals surface area contributed by atoms with Gasteiger partial charge in [0.05, 0.1) is 6.42 Å². The standard InChI is InChI=1S/C17H18O3/c1-2-13-7-5-6-10-16(13)20-12-15-9-4-3-8-14(15)11-17(18)19/h3-10H,2,11-12H2,1H3,(H,18,19). The van der Waals surface area contributed by atoms with E-state index in [0.29, 0.717) is 6.61 Å². The first kappa shape index (κ1) is 14.1. The maximum Gasteiger partial charge on any atom is 0.307 e. The molecule has 3 nitrogen and oxygen atoms in total. The van der Waals surface area contributed by atoms with Crippen molar-refractivity contribution in [2.45, 2.75) is 26.4 Å². The number of hydrogen-bond acceptors (Lipinski definition) is 2. The minimum absolute atomic E-state index is 0.0228. The zero-order valence-electron chi connectivity index (χ0n) is 11.5. The Hall–Kier alpha value is -2.29. The molecule has 0 amide bonds. The van der Waals surface area contributed by atoms with Crippen molar-refractivity contribution in [1.29, 1.82) is 0 Å². The average Bonchev–Trinajstić information content (AvgIpc) is 2.46. The molecule has 2 aromatic carbocycles. The van der Waals surface area contributed by atoms with Crippen molar-refractivity contribution in [3.05, 3.63) is 65.2 Å². The summed E-state index contributed by atoms with van der Waals surface area (Å²) < 4.78 is 5.84. The smallest absolute Gasteiger partial charge is 0.307 e. The largest absolute Gasteiger partial charge is 0.489 e. The number of para-hydroxylation sites is 1. The van der Waals surface area contributed by atoms with E-state index in [9.17, 15) is 4.79 Å². The van der Waals surface area contributed by atoms with Gasteiger partial charge in [0, 0.05) is 0 Å². The van der Waals surface area contributed by atoms with Gasteiger partial charge in [0.1, 0.15) is 12.4 Å². The van der Waals surface area contributed by atoms with Crippen LogP contribution in [0.1, 0.15) is 23.6 Å². The Morgan fingerprint density at radius 2 is 1.60 bits per heavy atom. The minimum Gasteiger partial charge on any atom is -0.489 e. The van der Waals surface area contributed by atoms with Crippen LogP contribution >= 0.6 is 0 Å². The van der Waals surface area contributed by atoms with E-state index in [1.165, 1.54) is 0 Å². The molecule has 3 heteroatoms. The Morgan fingerprint density at radius 3 is 2.25 bits per heavy atom. The van der Waals surface area contributed by atoms with E-state index in [0.717, 1.165) is 28.9 Å². The second kappa shape index (κ2) is 6.75. The predicted octanol–water partition coefficient (Wildman–Crippen LogP) is 3.46. The summed E-state index contributed by atoms with van der Waals surface area (Å²) in [5.41, 5.74) is 2.87. The highest BCUT2D eigenvalue weighted by Crippen LogP contribution is 2.20. The van der Waals surface area contributed by atoms with Gasteiger partial charge in [-0.1, -0.05) is 49.4 Å². The van der Waals surface area contributed by atoms with E-state index in [-0.39, 0.29) is 6.42 Å². The fourth-order valence-corrected chi connectivity index (χ4v) is 2.13. The summed E-state index contributed by atoms with van der Waals surface area (Å²) in [6.07, 6.45) is 0.932. The molecule has 0 aliphatic rings. The molecule has 0 saturated heterocycles. The fraction of sp³-hybridized carbons (Fsp3) is 0.235. The van der Waals surface area contributed by atoms with Gasteiger partial charge < -0.3 is 9.84 Å². The summed E-state index contributed by atoms with van der Waals surface area (Å²) in [6, 6.07) is 15.4. The molecular formula is C17H18O3. The van der Waals surface area contributed by atoms with Gasteiger partial charge in [-0.3, -0.25) is 4.79 Å². The van der Waals surface area contributed by atoms with Crippen LogP contribution in [-0.2, 0) is 24.2 Å². The van der Waals surface area contributed by atoms with Gasteiger partial charge in [-0.05, 0) is 29.2 Å². The molecule has 0 aromatic heterocycles.